The molecule has 0 heterocycles. The zero-order valence-corrected chi connectivity index (χ0v) is 16.5. The summed E-state index contributed by atoms with van der Waals surface area (Å²) in [5.74, 6) is 1.40. The van der Waals surface area contributed by atoms with Gasteiger partial charge in [0, 0.05) is 26.7 Å². The molecule has 2 rings (SSSR count). The second kappa shape index (κ2) is 12.8. The third-order valence-electron chi connectivity index (χ3n) is 4.15. The number of anilines is 2. The highest BCUT2D eigenvalue weighted by atomic mass is 16.5. The maximum atomic E-state index is 5.92. The van der Waals surface area contributed by atoms with Crippen molar-refractivity contribution in [1.82, 2.24) is 4.90 Å². The number of methoxy groups -OCH3 is 1. The molecular weight excluding hydrogens is 358 g/mol. The fourth-order valence-corrected chi connectivity index (χ4v) is 2.57. The summed E-state index contributed by atoms with van der Waals surface area (Å²) in [4.78, 5) is 2.23. The summed E-state index contributed by atoms with van der Waals surface area (Å²) >= 11 is 0. The van der Waals surface area contributed by atoms with Crippen LogP contribution in [0.25, 0.3) is 0 Å². The van der Waals surface area contributed by atoms with Crippen molar-refractivity contribution in [2.75, 3.05) is 71.2 Å². The van der Waals surface area contributed by atoms with E-state index >= 15 is 0 Å². The van der Waals surface area contributed by atoms with Crippen molar-refractivity contribution in [3.63, 3.8) is 0 Å². The molecule has 0 atom stereocenters. The Hall–Kier alpha value is -2.48. The molecular formula is C21H31N3O4. The normalized spacial score (nSPS) is 10.9. The molecule has 0 unspecified atom stereocenters. The number of nitrogens with zero attached hydrogens (tertiary/aromatic N) is 1. The highest BCUT2D eigenvalue weighted by Crippen LogP contribution is 2.20. The molecule has 0 aromatic heterocycles. The lowest BCUT2D eigenvalue weighted by molar-refractivity contribution is 0.0527. The summed E-state index contributed by atoms with van der Waals surface area (Å²) in [5, 5.41) is 0. The molecule has 0 amide bonds. The topological polar surface area (TPSA) is 92.2 Å². The number of ether oxygens (including phenoxy) is 4. The fraction of sp³-hybridized carbons (Fsp3) is 0.429. The smallest absolute Gasteiger partial charge is 0.142 e. The predicted octanol–water partition coefficient (Wildman–Crippen LogP) is 2.27. The largest absolute Gasteiger partial charge is 0.490 e. The lowest BCUT2D eigenvalue weighted by Gasteiger charge is -2.23. The maximum Gasteiger partial charge on any atom is 0.142 e. The van der Waals surface area contributed by atoms with E-state index in [0.29, 0.717) is 55.9 Å². The molecule has 7 nitrogen and oxygen atoms in total. The van der Waals surface area contributed by atoms with Crippen LogP contribution < -0.4 is 20.9 Å². The van der Waals surface area contributed by atoms with E-state index in [0.717, 1.165) is 19.6 Å². The number of hydrogen-bond donors (Lipinski definition) is 2. The van der Waals surface area contributed by atoms with E-state index in [9.17, 15) is 0 Å². The number of rotatable bonds is 14. The fourth-order valence-electron chi connectivity index (χ4n) is 2.57. The van der Waals surface area contributed by atoms with E-state index < -0.39 is 0 Å². The van der Waals surface area contributed by atoms with Crippen molar-refractivity contribution < 1.29 is 18.9 Å². The van der Waals surface area contributed by atoms with Crippen LogP contribution in [-0.4, -0.2) is 64.7 Å². The van der Waals surface area contributed by atoms with Crippen LogP contribution in [0.1, 0.15) is 0 Å². The SMILES string of the molecule is COCCOCCN(CCOc1ccccc1N)CCOc1ccccc1N. The molecule has 0 saturated carbocycles. The van der Waals surface area contributed by atoms with Gasteiger partial charge >= 0.3 is 0 Å². The van der Waals surface area contributed by atoms with Crippen LogP contribution in [-0.2, 0) is 9.47 Å². The van der Waals surface area contributed by atoms with Crippen LogP contribution in [0.15, 0.2) is 48.5 Å². The first-order valence-corrected chi connectivity index (χ1v) is 9.44. The van der Waals surface area contributed by atoms with Gasteiger partial charge in [-0.15, -0.1) is 0 Å². The molecule has 0 fully saturated rings. The standard InChI is InChI=1S/C21H31N3O4/c1-25-16-17-26-13-10-24(11-14-27-20-8-4-2-6-18(20)22)12-15-28-21-9-5-3-7-19(21)23/h2-9H,10-17,22-23H2,1H3. The highest BCUT2D eigenvalue weighted by Gasteiger charge is 2.08. The maximum absolute atomic E-state index is 5.92. The van der Waals surface area contributed by atoms with Crippen molar-refractivity contribution >= 4 is 11.4 Å². The van der Waals surface area contributed by atoms with E-state index in [2.05, 4.69) is 4.90 Å². The molecule has 0 radical (unpaired) electrons. The number of para-hydroxylation sites is 4. The summed E-state index contributed by atoms with van der Waals surface area (Å²) in [5.41, 5.74) is 13.1. The first-order valence-electron chi connectivity index (χ1n) is 9.44. The third-order valence-corrected chi connectivity index (χ3v) is 4.15. The van der Waals surface area contributed by atoms with Crippen LogP contribution in [0, 0.1) is 0 Å². The molecule has 0 spiro atoms. The Kier molecular flexibility index (Phi) is 9.99. The van der Waals surface area contributed by atoms with E-state index in [1.807, 2.05) is 48.5 Å². The Labute approximate surface area is 167 Å². The van der Waals surface area contributed by atoms with Gasteiger partial charge < -0.3 is 30.4 Å². The molecule has 154 valence electrons. The molecule has 0 aliphatic heterocycles. The van der Waals surface area contributed by atoms with E-state index in [-0.39, 0.29) is 0 Å². The summed E-state index contributed by atoms with van der Waals surface area (Å²) < 4.78 is 22.2. The van der Waals surface area contributed by atoms with Gasteiger partial charge in [-0.3, -0.25) is 4.90 Å². The van der Waals surface area contributed by atoms with E-state index in [1.54, 1.807) is 7.11 Å². The van der Waals surface area contributed by atoms with Gasteiger partial charge in [0.2, 0.25) is 0 Å². The third kappa shape index (κ3) is 8.04. The van der Waals surface area contributed by atoms with Crippen molar-refractivity contribution in [2.24, 2.45) is 0 Å². The van der Waals surface area contributed by atoms with Gasteiger partial charge in [-0.1, -0.05) is 24.3 Å². The Morgan fingerprint density at radius 3 is 1.68 bits per heavy atom. The van der Waals surface area contributed by atoms with Crippen molar-refractivity contribution in [1.29, 1.82) is 0 Å². The van der Waals surface area contributed by atoms with Crippen molar-refractivity contribution in [3.8, 4) is 11.5 Å². The predicted molar refractivity (Wildman–Crippen MR) is 112 cm³/mol. The lowest BCUT2D eigenvalue weighted by atomic mass is 10.3. The molecule has 0 aliphatic carbocycles. The number of nitrogens with two attached hydrogens (primary N) is 2. The number of nitrogen functional groups attached to an aromatic ring is 2. The minimum absolute atomic E-state index is 0.528. The molecule has 2 aromatic rings. The van der Waals surface area contributed by atoms with E-state index in [4.69, 9.17) is 30.4 Å². The van der Waals surface area contributed by atoms with Gasteiger partial charge in [-0.2, -0.15) is 0 Å². The van der Waals surface area contributed by atoms with Crippen LogP contribution in [0.3, 0.4) is 0 Å². The Morgan fingerprint density at radius 2 is 1.18 bits per heavy atom. The lowest BCUT2D eigenvalue weighted by Crippen LogP contribution is -2.35. The van der Waals surface area contributed by atoms with Crippen LogP contribution >= 0.6 is 0 Å². The number of benzene rings is 2. The minimum Gasteiger partial charge on any atom is -0.490 e. The Morgan fingerprint density at radius 1 is 0.679 bits per heavy atom. The molecule has 7 heteroatoms. The Balaban J connectivity index is 1.78. The average Bonchev–Trinajstić information content (AvgIpc) is 2.70. The molecule has 0 saturated heterocycles. The van der Waals surface area contributed by atoms with Crippen LogP contribution in [0.5, 0.6) is 11.5 Å². The van der Waals surface area contributed by atoms with Crippen molar-refractivity contribution in [3.05, 3.63) is 48.5 Å². The molecule has 28 heavy (non-hydrogen) atoms. The van der Waals surface area contributed by atoms with Gasteiger partial charge in [0.15, 0.2) is 0 Å². The summed E-state index contributed by atoms with van der Waals surface area (Å²) in [6.45, 7) is 5.07. The molecule has 2 aromatic carbocycles. The first kappa shape index (κ1) is 21.8. The summed E-state index contributed by atoms with van der Waals surface area (Å²) in [6, 6.07) is 15.0. The monoisotopic (exact) mass is 389 g/mol. The number of hydrogen-bond acceptors (Lipinski definition) is 7. The molecule has 0 aliphatic rings. The average molecular weight is 389 g/mol. The van der Waals surface area contributed by atoms with Crippen molar-refractivity contribution in [2.45, 2.75) is 0 Å². The summed E-state index contributed by atoms with van der Waals surface area (Å²) in [6.07, 6.45) is 0. The molecule has 0 bridgehead atoms. The molecule has 4 N–H and O–H groups in total. The summed E-state index contributed by atoms with van der Waals surface area (Å²) in [7, 11) is 1.66. The van der Waals surface area contributed by atoms with Gasteiger partial charge in [0.1, 0.15) is 24.7 Å². The van der Waals surface area contributed by atoms with Crippen LogP contribution in [0.4, 0.5) is 11.4 Å². The zero-order valence-electron chi connectivity index (χ0n) is 16.5. The van der Waals surface area contributed by atoms with Gasteiger partial charge in [-0.05, 0) is 24.3 Å². The second-order valence-corrected chi connectivity index (χ2v) is 6.22. The Bertz CT molecular complexity index is 633. The zero-order chi connectivity index (χ0) is 20.0. The quantitative estimate of drug-likeness (QED) is 0.378. The van der Waals surface area contributed by atoms with Gasteiger partial charge in [0.05, 0.1) is 31.2 Å². The van der Waals surface area contributed by atoms with Crippen LogP contribution in [0.2, 0.25) is 0 Å². The highest BCUT2D eigenvalue weighted by molar-refractivity contribution is 5.52. The second-order valence-electron chi connectivity index (χ2n) is 6.22. The van der Waals surface area contributed by atoms with Gasteiger partial charge in [0.25, 0.3) is 0 Å². The van der Waals surface area contributed by atoms with Gasteiger partial charge in [-0.25, -0.2) is 0 Å². The van der Waals surface area contributed by atoms with E-state index in [1.165, 1.54) is 0 Å². The minimum atomic E-state index is 0.528. The first-order chi connectivity index (χ1) is 13.7.